The third-order valence-electron chi connectivity index (χ3n) is 1.81. The Labute approximate surface area is 105 Å². The van der Waals surface area contributed by atoms with E-state index in [0.717, 1.165) is 12.2 Å². The first-order valence-electron chi connectivity index (χ1n) is 5.34. The van der Waals surface area contributed by atoms with Crippen molar-refractivity contribution < 1.29 is 7.48 Å². The molecular weight excluding hydrogens is 373 g/mol. The molecule has 0 fully saturated rings. The van der Waals surface area contributed by atoms with Crippen LogP contribution in [0.25, 0.3) is 0 Å². The molecule has 14 heavy (non-hydrogen) atoms. The van der Waals surface area contributed by atoms with E-state index in [1.807, 2.05) is 6.07 Å². The summed E-state index contributed by atoms with van der Waals surface area (Å²) in [4.78, 5) is 0. The Bertz CT molecular complexity index is 334. The van der Waals surface area contributed by atoms with Crippen LogP contribution in [0.2, 0.25) is 5.77 Å². The molecule has 0 unspecified atom stereocenters. The summed E-state index contributed by atoms with van der Waals surface area (Å²) in [5.74, 6) is 0.339. The van der Waals surface area contributed by atoms with Gasteiger partial charge < -0.3 is 0 Å². The molecule has 0 heterocycles. The van der Waals surface area contributed by atoms with E-state index < -0.39 is 5.77 Å². The summed E-state index contributed by atoms with van der Waals surface area (Å²) in [6.07, 6.45) is 1.03. The average molecular weight is 389 g/mol. The second kappa shape index (κ2) is 6.95. The zero-order chi connectivity index (χ0) is 12.0. The summed E-state index contributed by atoms with van der Waals surface area (Å²) in [6, 6.07) is 6.27. The van der Waals surface area contributed by atoms with Crippen LogP contribution in [-0.4, -0.2) is 44.7 Å². The van der Waals surface area contributed by atoms with E-state index >= 15 is 0 Å². The van der Waals surface area contributed by atoms with Crippen LogP contribution in [0.4, 0.5) is 0 Å². The van der Waals surface area contributed by atoms with Gasteiger partial charge in [-0.1, -0.05) is 0 Å². The van der Waals surface area contributed by atoms with Gasteiger partial charge in [0.05, 0.1) is 0 Å². The molecular formula is C10H14OSe3. The van der Waals surface area contributed by atoms with Crippen molar-refractivity contribution in [2.75, 3.05) is 7.11 Å². The van der Waals surface area contributed by atoms with Crippen LogP contribution in [0.5, 0.6) is 5.75 Å². The van der Waals surface area contributed by atoms with Crippen molar-refractivity contribution in [3.8, 4) is 5.75 Å². The van der Waals surface area contributed by atoms with Crippen LogP contribution in [0, 0.1) is 0 Å². The maximum absolute atomic E-state index is 7.21. The zero-order valence-electron chi connectivity index (χ0n) is 10.1. The van der Waals surface area contributed by atoms with Gasteiger partial charge in [0.15, 0.2) is 0 Å². The molecule has 0 aliphatic carbocycles. The van der Waals surface area contributed by atoms with Crippen molar-refractivity contribution in [3.05, 3.63) is 23.8 Å². The van der Waals surface area contributed by atoms with Crippen molar-refractivity contribution in [2.45, 2.75) is 19.1 Å². The SMILES string of the molecule is [2H]C([2H])[Se][Se][Se]c1ccc(OC)cc1CC. The minimum absolute atomic E-state index is 0.206. The van der Waals surface area contributed by atoms with Crippen LogP contribution >= 0.6 is 0 Å². The van der Waals surface area contributed by atoms with E-state index in [0.29, 0.717) is 24.4 Å². The summed E-state index contributed by atoms with van der Waals surface area (Å²) in [5, 5.41) is 0. The van der Waals surface area contributed by atoms with E-state index in [1.165, 1.54) is 10.0 Å². The third kappa shape index (κ3) is 3.62. The molecule has 1 aromatic carbocycles. The van der Waals surface area contributed by atoms with Gasteiger partial charge >= 0.3 is 105 Å². The number of ether oxygens (including phenoxy) is 1. The normalized spacial score (nSPS) is 12.5. The van der Waals surface area contributed by atoms with Gasteiger partial charge in [-0.05, 0) is 0 Å². The predicted molar refractivity (Wildman–Crippen MR) is 65.1 cm³/mol. The Hall–Kier alpha value is 0.578. The van der Waals surface area contributed by atoms with E-state index in [1.54, 1.807) is 7.11 Å². The first-order valence-corrected chi connectivity index (χ1v) is 14.7. The minimum atomic E-state index is -0.585. The van der Waals surface area contributed by atoms with Gasteiger partial charge in [-0.2, -0.15) is 0 Å². The van der Waals surface area contributed by atoms with Crippen molar-refractivity contribution in [3.63, 3.8) is 0 Å². The van der Waals surface area contributed by atoms with Crippen LogP contribution in [0.3, 0.4) is 0 Å². The van der Waals surface area contributed by atoms with Crippen LogP contribution in [-0.2, 0) is 6.42 Å². The van der Waals surface area contributed by atoms with Crippen molar-refractivity contribution >= 4 is 42.0 Å². The van der Waals surface area contributed by atoms with Gasteiger partial charge in [-0.3, -0.25) is 0 Å². The number of hydrogen-bond acceptors (Lipinski definition) is 1. The summed E-state index contributed by atoms with van der Waals surface area (Å²) in [6.45, 7) is 2.16. The van der Waals surface area contributed by atoms with E-state index in [4.69, 9.17) is 7.48 Å². The fourth-order valence-corrected chi connectivity index (χ4v) is 11.6. The molecule has 0 atom stereocenters. The molecule has 0 aliphatic rings. The molecule has 0 saturated heterocycles. The Morgan fingerprint density at radius 1 is 1.50 bits per heavy atom. The monoisotopic (exact) mass is 392 g/mol. The number of benzene rings is 1. The van der Waals surface area contributed by atoms with Gasteiger partial charge in [0, 0.05) is 0 Å². The quantitative estimate of drug-likeness (QED) is 0.680. The predicted octanol–water partition coefficient (Wildman–Crippen LogP) is 0.874. The van der Waals surface area contributed by atoms with Crippen molar-refractivity contribution in [2.24, 2.45) is 0 Å². The van der Waals surface area contributed by atoms with E-state index in [-0.39, 0.29) is 13.1 Å². The summed E-state index contributed by atoms with van der Waals surface area (Å²) in [5.41, 5.74) is 1.36. The Morgan fingerprint density at radius 3 is 3.00 bits per heavy atom. The Kier molecular flexibility index (Phi) is 4.86. The summed E-state index contributed by atoms with van der Waals surface area (Å²) < 4.78 is 21.1. The molecule has 4 heteroatoms. The topological polar surface area (TPSA) is 9.23 Å². The molecule has 1 rings (SSSR count). The van der Waals surface area contributed by atoms with Gasteiger partial charge in [0.25, 0.3) is 0 Å². The van der Waals surface area contributed by atoms with Crippen molar-refractivity contribution in [1.29, 1.82) is 0 Å². The number of aryl methyl sites for hydroxylation is 1. The average Bonchev–Trinajstić information content (AvgIpc) is 2.29. The molecule has 1 nitrogen and oxygen atoms in total. The molecule has 0 aliphatic heterocycles. The standard InChI is InChI=1S/C10H14OSe3/c1-4-8-7-9(11-2)5-6-10(8)13-14-12-3/h5-7H,4H2,1-3H3/i3D2. The molecule has 0 radical (unpaired) electrons. The molecule has 0 aromatic heterocycles. The first-order chi connectivity index (χ1) is 7.67. The van der Waals surface area contributed by atoms with Gasteiger partial charge in [0.1, 0.15) is 0 Å². The molecule has 0 bridgehead atoms. The third-order valence-corrected chi connectivity index (χ3v) is 15.2. The number of methoxy groups -OCH3 is 1. The molecule has 0 spiro atoms. The molecule has 78 valence electrons. The van der Waals surface area contributed by atoms with Gasteiger partial charge in [-0.15, -0.1) is 0 Å². The van der Waals surface area contributed by atoms with Crippen molar-refractivity contribution in [1.82, 2.24) is 0 Å². The number of hydrogen-bond donors (Lipinski definition) is 0. The second-order valence-electron chi connectivity index (χ2n) is 2.57. The molecule has 0 amide bonds. The van der Waals surface area contributed by atoms with Crippen LogP contribution < -0.4 is 9.20 Å². The molecule has 0 saturated carbocycles. The molecule has 1 aromatic rings. The zero-order valence-corrected chi connectivity index (χ0v) is 13.3. The molecule has 0 N–H and O–H groups in total. The fourth-order valence-electron chi connectivity index (χ4n) is 1.10. The summed E-state index contributed by atoms with van der Waals surface area (Å²) >= 11 is 1.18. The fraction of sp³-hybridized carbons (Fsp3) is 0.400. The van der Waals surface area contributed by atoms with Crippen LogP contribution in [0.1, 0.15) is 15.2 Å². The first kappa shape index (κ1) is 9.78. The van der Waals surface area contributed by atoms with Gasteiger partial charge in [-0.25, -0.2) is 0 Å². The van der Waals surface area contributed by atoms with Gasteiger partial charge in [0.2, 0.25) is 0 Å². The summed E-state index contributed by atoms with van der Waals surface area (Å²) in [7, 11) is 1.69. The van der Waals surface area contributed by atoms with Crippen LogP contribution in [0.15, 0.2) is 18.2 Å². The number of rotatable bonds is 5. The Morgan fingerprint density at radius 2 is 2.36 bits per heavy atom. The van der Waals surface area contributed by atoms with E-state index in [9.17, 15) is 0 Å². The van der Waals surface area contributed by atoms with E-state index in [2.05, 4.69) is 19.1 Å². The Balaban J connectivity index is 2.64. The maximum atomic E-state index is 7.21. The second-order valence-corrected chi connectivity index (χ2v) is 17.6.